The van der Waals surface area contributed by atoms with E-state index in [9.17, 15) is 14.4 Å². The number of aryl methyl sites for hydroxylation is 2. The van der Waals surface area contributed by atoms with Crippen LogP contribution in [0.25, 0.3) is 28.5 Å². The topological polar surface area (TPSA) is 126 Å². The zero-order valence-electron chi connectivity index (χ0n) is 23.9. The third kappa shape index (κ3) is 5.95. The molecule has 0 aliphatic heterocycles. The monoisotopic (exact) mass is 555 g/mol. The Hall–Kier alpha value is -3.79. The van der Waals surface area contributed by atoms with Crippen LogP contribution in [0.5, 0.6) is 0 Å². The van der Waals surface area contributed by atoms with Crippen molar-refractivity contribution in [2.45, 2.75) is 61.1 Å². The number of fused-ring (bicyclic) bond motifs is 1. The Kier molecular flexibility index (Phi) is 9.11. The summed E-state index contributed by atoms with van der Waals surface area (Å²) in [4.78, 5) is 41.5. The fraction of sp³-hybridized carbons (Fsp3) is 0.429. The lowest BCUT2D eigenvalue weighted by molar-refractivity contribution is -0.117. The summed E-state index contributed by atoms with van der Waals surface area (Å²) in [6.07, 6.45) is 5.65. The maximum atomic E-state index is 13.5. The van der Waals surface area contributed by atoms with Crippen molar-refractivity contribution < 1.29 is 4.79 Å². The van der Waals surface area contributed by atoms with Crippen molar-refractivity contribution in [2.75, 3.05) is 0 Å². The first-order valence-corrected chi connectivity index (χ1v) is 13.4. The second-order valence-corrected chi connectivity index (χ2v) is 10.5. The highest BCUT2D eigenvalue weighted by Gasteiger charge is 2.25. The molecule has 210 valence electrons. The fourth-order valence-electron chi connectivity index (χ4n) is 4.72. The van der Waals surface area contributed by atoms with Gasteiger partial charge in [0.05, 0.1) is 18.7 Å². The highest BCUT2D eigenvalue weighted by molar-refractivity contribution is 6.31. The second kappa shape index (κ2) is 11.9. The number of hydrogen-bond donors (Lipinski definition) is 2. The number of allylic oxidation sites excluding steroid dienone is 1. The molecule has 0 saturated heterocycles. The molecule has 4 rings (SSSR count). The number of nitrogens with zero attached hydrogens (tertiary/aromatic N) is 5. The Bertz CT molecular complexity index is 1660. The lowest BCUT2D eigenvalue weighted by Crippen LogP contribution is -2.38. The van der Waals surface area contributed by atoms with Gasteiger partial charge in [-0.15, -0.1) is 0 Å². The Labute approximate surface area is 232 Å². The molecular weight excluding hydrogens is 518 g/mol. The average Bonchev–Trinajstić information content (AvgIpc) is 3.51. The minimum atomic E-state index is -0.451. The van der Waals surface area contributed by atoms with Crippen LogP contribution < -0.4 is 17.0 Å². The van der Waals surface area contributed by atoms with Crippen molar-refractivity contribution in [3.63, 3.8) is 0 Å². The quantitative estimate of drug-likeness (QED) is 0.342. The number of nitrogens with one attached hydrogen (secondary N) is 1. The van der Waals surface area contributed by atoms with Crippen LogP contribution in [0.1, 0.15) is 57.0 Å². The number of carbonyl (C=O) groups is 1. The van der Waals surface area contributed by atoms with Crippen LogP contribution in [0.4, 0.5) is 0 Å². The van der Waals surface area contributed by atoms with Crippen LogP contribution in [-0.4, -0.2) is 34.4 Å². The first kappa shape index (κ1) is 29.8. The molecule has 0 spiro atoms. The summed E-state index contributed by atoms with van der Waals surface area (Å²) in [5.74, 6) is -0.298. The minimum Gasteiger partial charge on any atom is -0.369 e. The first-order chi connectivity index (χ1) is 18.4. The van der Waals surface area contributed by atoms with Gasteiger partial charge in [-0.3, -0.25) is 23.4 Å². The molecule has 0 atom stereocenters. The second-order valence-electron chi connectivity index (χ2n) is 9.93. The Morgan fingerprint density at radius 2 is 1.90 bits per heavy atom. The molecule has 4 heterocycles. The largest absolute Gasteiger partial charge is 0.369 e. The van der Waals surface area contributed by atoms with E-state index in [1.54, 1.807) is 9.25 Å². The van der Waals surface area contributed by atoms with Gasteiger partial charge in [0.25, 0.3) is 5.56 Å². The molecule has 0 aliphatic rings. The molecule has 0 saturated carbocycles. The minimum absolute atomic E-state index is 0.0664. The zero-order valence-corrected chi connectivity index (χ0v) is 24.7. The van der Waals surface area contributed by atoms with Crippen LogP contribution in [0.2, 0.25) is 0 Å². The number of carbonyl (C=O) groups excluding carboxylic acids is 1. The molecule has 4 aromatic heterocycles. The van der Waals surface area contributed by atoms with Crippen LogP contribution in [0.15, 0.2) is 33.1 Å². The standard InChI is InChI=1S/C26H32ClN7O3.C2H6/c1-14(2)11-33-24-22(25(36)32(6)26(33)37)23(20-8-17(9-21(28)35)12-31(20)5)34(30-24)13-18-10-29-16(4)19(18)7-15(3)27;1-2/h7-8,10,12,14,29H,9,11,13H2,1-6H3,(H2,28,35);1-2H3/b15-7+;. The summed E-state index contributed by atoms with van der Waals surface area (Å²) < 4.78 is 6.27. The molecule has 0 aromatic carbocycles. The number of halogens is 1. The van der Waals surface area contributed by atoms with E-state index in [2.05, 4.69) is 4.98 Å². The number of primary amides is 1. The first-order valence-electron chi connectivity index (χ1n) is 13.0. The lowest BCUT2D eigenvalue weighted by atomic mass is 10.1. The number of hydrogen-bond acceptors (Lipinski definition) is 4. The van der Waals surface area contributed by atoms with E-state index in [1.165, 1.54) is 7.05 Å². The summed E-state index contributed by atoms with van der Waals surface area (Å²) in [5.41, 5.74) is 9.69. The van der Waals surface area contributed by atoms with E-state index in [0.29, 0.717) is 40.5 Å². The molecule has 1 amide bonds. The molecule has 0 radical (unpaired) electrons. The Morgan fingerprint density at radius 3 is 2.49 bits per heavy atom. The summed E-state index contributed by atoms with van der Waals surface area (Å²) in [6, 6.07) is 1.83. The molecule has 10 nitrogen and oxygen atoms in total. The van der Waals surface area contributed by atoms with Gasteiger partial charge < -0.3 is 15.3 Å². The lowest BCUT2D eigenvalue weighted by Gasteiger charge is -2.11. The number of aromatic amines is 1. The van der Waals surface area contributed by atoms with E-state index in [1.807, 2.05) is 77.7 Å². The Balaban J connectivity index is 0.00000205. The van der Waals surface area contributed by atoms with Gasteiger partial charge in [0.1, 0.15) is 11.1 Å². The predicted octanol–water partition coefficient (Wildman–Crippen LogP) is 3.90. The molecule has 39 heavy (non-hydrogen) atoms. The van der Waals surface area contributed by atoms with Crippen molar-refractivity contribution in [1.29, 1.82) is 0 Å². The van der Waals surface area contributed by atoms with Crippen molar-refractivity contribution in [3.05, 3.63) is 66.7 Å². The van der Waals surface area contributed by atoms with Gasteiger partial charge in [0.2, 0.25) is 5.91 Å². The van der Waals surface area contributed by atoms with Gasteiger partial charge in [-0.25, -0.2) is 4.79 Å². The zero-order chi connectivity index (χ0) is 29.2. The van der Waals surface area contributed by atoms with Crippen molar-refractivity contribution in [2.24, 2.45) is 25.7 Å². The predicted molar refractivity (Wildman–Crippen MR) is 157 cm³/mol. The third-order valence-electron chi connectivity index (χ3n) is 6.33. The normalized spacial score (nSPS) is 11.8. The summed E-state index contributed by atoms with van der Waals surface area (Å²) in [5, 5.41) is 5.81. The summed E-state index contributed by atoms with van der Waals surface area (Å²) >= 11 is 6.20. The van der Waals surface area contributed by atoms with Crippen molar-refractivity contribution >= 4 is 34.6 Å². The van der Waals surface area contributed by atoms with Crippen LogP contribution in [0.3, 0.4) is 0 Å². The van der Waals surface area contributed by atoms with Gasteiger partial charge in [-0.1, -0.05) is 39.3 Å². The molecule has 0 unspecified atom stereocenters. The van der Waals surface area contributed by atoms with E-state index in [-0.39, 0.29) is 12.3 Å². The smallest absolute Gasteiger partial charge is 0.332 e. The molecule has 0 aliphatic carbocycles. The summed E-state index contributed by atoms with van der Waals surface area (Å²) in [7, 11) is 3.32. The van der Waals surface area contributed by atoms with Gasteiger partial charge in [-0.05, 0) is 43.0 Å². The van der Waals surface area contributed by atoms with Crippen molar-refractivity contribution in [3.8, 4) is 11.4 Å². The SMILES string of the molecule is C/C(Cl)=C\c1c(Cn2nc3c(c2-c2cc(CC(N)=O)cn2C)c(=O)n(C)c(=O)n3CC(C)C)c[nH]c1C.CC. The number of nitrogens with two attached hydrogens (primary N) is 1. The maximum absolute atomic E-state index is 13.5. The Morgan fingerprint density at radius 1 is 1.23 bits per heavy atom. The number of rotatable bonds is 8. The number of aromatic nitrogens is 6. The summed E-state index contributed by atoms with van der Waals surface area (Å²) in [6.45, 7) is 12.5. The highest BCUT2D eigenvalue weighted by atomic mass is 35.5. The molecule has 3 N–H and O–H groups in total. The molecule has 0 bridgehead atoms. The number of H-pyrrole nitrogens is 1. The molecule has 11 heteroatoms. The maximum Gasteiger partial charge on any atom is 0.332 e. The fourth-order valence-corrected chi connectivity index (χ4v) is 4.82. The third-order valence-corrected chi connectivity index (χ3v) is 6.44. The van der Waals surface area contributed by atoms with Crippen molar-refractivity contribution in [1.82, 2.24) is 28.5 Å². The molecule has 4 aromatic rings. The van der Waals surface area contributed by atoms with E-state index in [4.69, 9.17) is 22.4 Å². The average molecular weight is 556 g/mol. The van der Waals surface area contributed by atoms with E-state index in [0.717, 1.165) is 27.0 Å². The van der Waals surface area contributed by atoms with E-state index >= 15 is 0 Å². The van der Waals surface area contributed by atoms with Crippen LogP contribution in [0, 0.1) is 12.8 Å². The van der Waals surface area contributed by atoms with Gasteiger partial charge in [0.15, 0.2) is 5.65 Å². The number of amides is 1. The van der Waals surface area contributed by atoms with E-state index < -0.39 is 17.2 Å². The molecular formula is C28H38ClN7O3. The van der Waals surface area contributed by atoms with Gasteiger partial charge in [-0.2, -0.15) is 5.10 Å². The van der Waals surface area contributed by atoms with Gasteiger partial charge >= 0.3 is 5.69 Å². The van der Waals surface area contributed by atoms with Crippen LogP contribution in [-0.2, 0) is 38.4 Å². The van der Waals surface area contributed by atoms with Crippen LogP contribution >= 0.6 is 11.6 Å². The highest BCUT2D eigenvalue weighted by Crippen LogP contribution is 2.30. The van der Waals surface area contributed by atoms with Gasteiger partial charge in [0, 0.05) is 49.3 Å². The molecule has 0 fully saturated rings.